The fourth-order valence-electron chi connectivity index (χ4n) is 1.53. The van der Waals surface area contributed by atoms with Gasteiger partial charge in [-0.25, -0.2) is 4.79 Å². The fourth-order valence-corrected chi connectivity index (χ4v) is 1.89. The number of ether oxygens (including phenoxy) is 1. The monoisotopic (exact) mass is 368 g/mol. The number of amides is 2. The molecule has 0 bridgehead atoms. The Hall–Kier alpha value is -1.76. The van der Waals surface area contributed by atoms with Crippen molar-refractivity contribution in [3.63, 3.8) is 0 Å². The summed E-state index contributed by atoms with van der Waals surface area (Å²) in [5, 5.41) is 5.51. The third-order valence-corrected chi connectivity index (χ3v) is 3.15. The molecule has 2 aromatic carbocycles. The van der Waals surface area contributed by atoms with Gasteiger partial charge in [-0.2, -0.15) is 0 Å². The SMILES string of the molecule is COc1cccc(NC(=O)Nc2ccc(I)cc2)c1. The number of anilines is 2. The minimum absolute atomic E-state index is 0.283. The second-order valence-corrected chi connectivity index (χ2v) is 5.06. The Kier molecular flexibility index (Phi) is 4.62. The van der Waals surface area contributed by atoms with Crippen LogP contribution < -0.4 is 15.4 Å². The van der Waals surface area contributed by atoms with Gasteiger partial charge in [0.2, 0.25) is 0 Å². The number of hydrogen-bond acceptors (Lipinski definition) is 2. The molecule has 0 spiro atoms. The maximum absolute atomic E-state index is 11.8. The molecular formula is C14H13IN2O2. The number of halogens is 1. The van der Waals surface area contributed by atoms with Gasteiger partial charge in [0.05, 0.1) is 7.11 Å². The molecule has 0 aliphatic carbocycles. The van der Waals surface area contributed by atoms with Gasteiger partial charge in [-0.15, -0.1) is 0 Å². The summed E-state index contributed by atoms with van der Waals surface area (Å²) in [7, 11) is 1.59. The van der Waals surface area contributed by atoms with Crippen LogP contribution in [0, 0.1) is 3.57 Å². The summed E-state index contributed by atoms with van der Waals surface area (Å²) >= 11 is 2.21. The molecular weight excluding hydrogens is 355 g/mol. The maximum atomic E-state index is 11.8. The first kappa shape index (κ1) is 13.7. The molecule has 0 aromatic heterocycles. The number of methoxy groups -OCH3 is 1. The molecule has 2 amide bonds. The molecule has 2 rings (SSSR count). The quantitative estimate of drug-likeness (QED) is 0.807. The van der Waals surface area contributed by atoms with E-state index < -0.39 is 0 Å². The normalized spacial score (nSPS) is 9.79. The van der Waals surface area contributed by atoms with E-state index >= 15 is 0 Å². The van der Waals surface area contributed by atoms with Crippen molar-refractivity contribution in [2.45, 2.75) is 0 Å². The Morgan fingerprint density at radius 1 is 1.05 bits per heavy atom. The van der Waals surface area contributed by atoms with Crippen molar-refractivity contribution in [3.05, 3.63) is 52.1 Å². The van der Waals surface area contributed by atoms with Crippen LogP contribution in [0.4, 0.5) is 16.2 Å². The van der Waals surface area contributed by atoms with Crippen LogP contribution >= 0.6 is 22.6 Å². The molecule has 4 nitrogen and oxygen atoms in total. The minimum atomic E-state index is -0.283. The molecule has 0 saturated heterocycles. The Morgan fingerprint density at radius 2 is 1.74 bits per heavy atom. The predicted molar refractivity (Wildman–Crippen MR) is 84.8 cm³/mol. The second-order valence-electron chi connectivity index (χ2n) is 3.82. The highest BCUT2D eigenvalue weighted by atomic mass is 127. The van der Waals surface area contributed by atoms with Crippen LogP contribution in [0.2, 0.25) is 0 Å². The van der Waals surface area contributed by atoms with Crippen LogP contribution in [-0.4, -0.2) is 13.1 Å². The van der Waals surface area contributed by atoms with E-state index in [1.165, 1.54) is 0 Å². The highest BCUT2D eigenvalue weighted by Gasteiger charge is 2.03. The van der Waals surface area contributed by atoms with Gasteiger partial charge in [0.1, 0.15) is 5.75 Å². The Morgan fingerprint density at radius 3 is 2.42 bits per heavy atom. The number of urea groups is 1. The third kappa shape index (κ3) is 4.13. The molecule has 19 heavy (non-hydrogen) atoms. The number of carbonyl (C=O) groups excluding carboxylic acids is 1. The zero-order chi connectivity index (χ0) is 13.7. The summed E-state index contributed by atoms with van der Waals surface area (Å²) in [6, 6.07) is 14.5. The predicted octanol–water partition coefficient (Wildman–Crippen LogP) is 3.94. The van der Waals surface area contributed by atoms with Crippen LogP contribution in [0.25, 0.3) is 0 Å². The Bertz CT molecular complexity index is 570. The fraction of sp³-hybridized carbons (Fsp3) is 0.0714. The van der Waals surface area contributed by atoms with Gasteiger partial charge in [-0.3, -0.25) is 0 Å². The van der Waals surface area contributed by atoms with Crippen LogP contribution in [0.1, 0.15) is 0 Å². The van der Waals surface area contributed by atoms with Crippen LogP contribution in [0.15, 0.2) is 48.5 Å². The molecule has 98 valence electrons. The van der Waals surface area contributed by atoms with Gasteiger partial charge in [0.25, 0.3) is 0 Å². The van der Waals surface area contributed by atoms with Crippen LogP contribution in [0.3, 0.4) is 0 Å². The summed E-state index contributed by atoms with van der Waals surface area (Å²) in [5.74, 6) is 0.701. The molecule has 5 heteroatoms. The number of benzene rings is 2. The maximum Gasteiger partial charge on any atom is 0.323 e. The average molecular weight is 368 g/mol. The lowest BCUT2D eigenvalue weighted by atomic mass is 10.3. The number of rotatable bonds is 3. The summed E-state index contributed by atoms with van der Waals surface area (Å²) < 4.78 is 6.22. The van der Waals surface area contributed by atoms with Gasteiger partial charge < -0.3 is 15.4 Å². The molecule has 0 atom stereocenters. The van der Waals surface area contributed by atoms with E-state index in [0.717, 1.165) is 9.26 Å². The highest BCUT2D eigenvalue weighted by molar-refractivity contribution is 14.1. The van der Waals surface area contributed by atoms with Crippen molar-refractivity contribution in [2.24, 2.45) is 0 Å². The number of hydrogen-bond donors (Lipinski definition) is 2. The summed E-state index contributed by atoms with van der Waals surface area (Å²) in [4.78, 5) is 11.8. The lowest BCUT2D eigenvalue weighted by Gasteiger charge is -2.08. The molecule has 0 heterocycles. The highest BCUT2D eigenvalue weighted by Crippen LogP contribution is 2.17. The average Bonchev–Trinajstić information content (AvgIpc) is 2.41. The molecule has 2 N–H and O–H groups in total. The Balaban J connectivity index is 1.99. The zero-order valence-corrected chi connectivity index (χ0v) is 12.5. The second kappa shape index (κ2) is 6.42. The van der Waals surface area contributed by atoms with Gasteiger partial charge in [-0.1, -0.05) is 6.07 Å². The summed E-state index contributed by atoms with van der Waals surface area (Å²) in [5.41, 5.74) is 1.43. The van der Waals surface area contributed by atoms with Gasteiger partial charge in [0.15, 0.2) is 0 Å². The topological polar surface area (TPSA) is 50.4 Å². The third-order valence-electron chi connectivity index (χ3n) is 2.43. The molecule has 0 aliphatic heterocycles. The molecule has 0 fully saturated rings. The number of carbonyl (C=O) groups is 1. The van der Waals surface area contributed by atoms with E-state index in [1.54, 1.807) is 19.2 Å². The molecule has 2 aromatic rings. The van der Waals surface area contributed by atoms with E-state index in [1.807, 2.05) is 36.4 Å². The Labute approximate surface area is 125 Å². The van der Waals surface area contributed by atoms with Crippen molar-refractivity contribution in [1.82, 2.24) is 0 Å². The van der Waals surface area contributed by atoms with Crippen LogP contribution in [-0.2, 0) is 0 Å². The summed E-state index contributed by atoms with van der Waals surface area (Å²) in [6.45, 7) is 0. The van der Waals surface area contributed by atoms with E-state index in [4.69, 9.17) is 4.74 Å². The van der Waals surface area contributed by atoms with E-state index in [2.05, 4.69) is 33.2 Å². The van der Waals surface area contributed by atoms with Crippen molar-refractivity contribution in [2.75, 3.05) is 17.7 Å². The molecule has 0 radical (unpaired) electrons. The van der Waals surface area contributed by atoms with Crippen molar-refractivity contribution >= 4 is 40.0 Å². The zero-order valence-electron chi connectivity index (χ0n) is 10.3. The molecule has 0 saturated carbocycles. The first-order valence-corrected chi connectivity index (χ1v) is 6.73. The van der Waals surface area contributed by atoms with Crippen molar-refractivity contribution in [1.29, 1.82) is 0 Å². The smallest absolute Gasteiger partial charge is 0.323 e. The van der Waals surface area contributed by atoms with E-state index in [-0.39, 0.29) is 6.03 Å². The first-order chi connectivity index (χ1) is 9.17. The lowest BCUT2D eigenvalue weighted by Crippen LogP contribution is -2.19. The van der Waals surface area contributed by atoms with Gasteiger partial charge in [-0.05, 0) is 59.0 Å². The number of nitrogens with one attached hydrogen (secondary N) is 2. The van der Waals surface area contributed by atoms with Crippen molar-refractivity contribution < 1.29 is 9.53 Å². The minimum Gasteiger partial charge on any atom is -0.497 e. The largest absolute Gasteiger partial charge is 0.497 e. The van der Waals surface area contributed by atoms with Gasteiger partial charge in [0, 0.05) is 21.0 Å². The standard InChI is InChI=1S/C14H13IN2O2/c1-19-13-4-2-3-12(9-13)17-14(18)16-11-7-5-10(15)6-8-11/h2-9H,1H3,(H2,16,17,18). The molecule has 0 unspecified atom stereocenters. The molecule has 0 aliphatic rings. The van der Waals surface area contributed by atoms with Gasteiger partial charge >= 0.3 is 6.03 Å². The van der Waals surface area contributed by atoms with E-state index in [0.29, 0.717) is 11.4 Å². The first-order valence-electron chi connectivity index (χ1n) is 5.65. The summed E-state index contributed by atoms with van der Waals surface area (Å²) in [6.07, 6.45) is 0. The van der Waals surface area contributed by atoms with E-state index in [9.17, 15) is 4.79 Å². The lowest BCUT2D eigenvalue weighted by molar-refractivity contribution is 0.262. The van der Waals surface area contributed by atoms with Crippen molar-refractivity contribution in [3.8, 4) is 5.75 Å². The van der Waals surface area contributed by atoms with Crippen LogP contribution in [0.5, 0.6) is 5.75 Å².